The van der Waals surface area contributed by atoms with Gasteiger partial charge in [0.15, 0.2) is 0 Å². The van der Waals surface area contributed by atoms with E-state index in [1.807, 2.05) is 0 Å². The third-order valence-electron chi connectivity index (χ3n) is 3.20. The van der Waals surface area contributed by atoms with Crippen LogP contribution in [0.15, 0.2) is 5.29 Å². The fourth-order valence-electron chi connectivity index (χ4n) is 2.28. The van der Waals surface area contributed by atoms with E-state index in [1.54, 1.807) is 0 Å². The molecule has 7 nitrogen and oxygen atoms in total. The minimum absolute atomic E-state index is 0.0229. The Morgan fingerprint density at radius 3 is 2.37 bits per heavy atom. The molecule has 19 heavy (non-hydrogen) atoms. The highest BCUT2D eigenvalue weighted by Crippen LogP contribution is 2.23. The molecule has 1 aliphatic carbocycles. The maximum absolute atomic E-state index is 12.2. The molecule has 0 spiro atoms. The highest BCUT2D eigenvalue weighted by molar-refractivity contribution is 6.18. The molecule has 1 saturated carbocycles. The summed E-state index contributed by atoms with van der Waals surface area (Å²) < 4.78 is 0. The number of nitrogens with zero attached hydrogens (tertiary/aromatic N) is 3. The molecule has 0 radical (unpaired) electrons. The third kappa shape index (κ3) is 4.14. The van der Waals surface area contributed by atoms with Gasteiger partial charge in [-0.1, -0.05) is 19.3 Å². The molecule has 0 aliphatic heterocycles. The molecule has 2 N–H and O–H groups in total. The lowest BCUT2D eigenvalue weighted by molar-refractivity contribution is -0.129. The Labute approximate surface area is 117 Å². The predicted molar refractivity (Wildman–Crippen MR) is 71.4 cm³/mol. The van der Waals surface area contributed by atoms with Gasteiger partial charge >= 0.3 is 6.03 Å². The number of imide groups is 1. The first-order chi connectivity index (χ1) is 9.15. The van der Waals surface area contributed by atoms with Crippen molar-refractivity contribution in [2.75, 3.05) is 19.0 Å². The van der Waals surface area contributed by atoms with Crippen molar-refractivity contribution in [1.82, 2.24) is 9.91 Å². The summed E-state index contributed by atoms with van der Waals surface area (Å²) in [4.78, 5) is 35.8. The van der Waals surface area contributed by atoms with Gasteiger partial charge in [-0.2, -0.15) is 5.01 Å². The Morgan fingerprint density at radius 2 is 1.89 bits per heavy atom. The molecule has 0 bridgehead atoms. The van der Waals surface area contributed by atoms with Crippen LogP contribution >= 0.6 is 11.6 Å². The maximum Gasteiger partial charge on any atom is 0.350 e. The first-order valence-electron chi connectivity index (χ1n) is 6.38. The van der Waals surface area contributed by atoms with E-state index >= 15 is 0 Å². The summed E-state index contributed by atoms with van der Waals surface area (Å²) in [6.07, 6.45) is 4.48. The summed E-state index contributed by atoms with van der Waals surface area (Å²) in [5.74, 6) is -0.410. The molecule has 0 heterocycles. The zero-order valence-corrected chi connectivity index (χ0v) is 11.5. The summed E-state index contributed by atoms with van der Waals surface area (Å²) in [5.41, 5.74) is 5.34. The first kappa shape index (κ1) is 15.8. The van der Waals surface area contributed by atoms with Crippen molar-refractivity contribution < 1.29 is 9.59 Å². The highest BCUT2D eigenvalue weighted by atomic mass is 35.5. The minimum Gasteiger partial charge on any atom is -0.322 e. The Balaban J connectivity index is 2.85. The van der Waals surface area contributed by atoms with E-state index in [1.165, 1.54) is 0 Å². The average molecular weight is 291 g/mol. The minimum atomic E-state index is -0.724. The van der Waals surface area contributed by atoms with Crippen LogP contribution in [0, 0.1) is 4.91 Å². The fraction of sp³-hybridized carbons (Fsp3) is 0.818. The fourth-order valence-corrected chi connectivity index (χ4v) is 2.44. The molecular weight excluding hydrogens is 272 g/mol. The van der Waals surface area contributed by atoms with Gasteiger partial charge in [0, 0.05) is 11.9 Å². The summed E-state index contributed by atoms with van der Waals surface area (Å²) in [6, 6.07) is -0.921. The Kier molecular flexibility index (Phi) is 6.72. The molecule has 0 unspecified atom stereocenters. The molecule has 0 aromatic carbocycles. The topological polar surface area (TPSA) is 96.1 Å². The number of alkyl halides is 1. The largest absolute Gasteiger partial charge is 0.350 e. The van der Waals surface area contributed by atoms with Gasteiger partial charge in [0.05, 0.1) is 18.4 Å². The Morgan fingerprint density at radius 1 is 1.26 bits per heavy atom. The molecule has 0 aromatic rings. The van der Waals surface area contributed by atoms with Crippen LogP contribution in [-0.2, 0) is 4.79 Å². The number of amides is 3. The zero-order chi connectivity index (χ0) is 14.3. The summed E-state index contributed by atoms with van der Waals surface area (Å²) >= 11 is 5.50. The van der Waals surface area contributed by atoms with Gasteiger partial charge in [0.25, 0.3) is 0 Å². The van der Waals surface area contributed by atoms with Gasteiger partial charge in [-0.15, -0.1) is 16.5 Å². The molecule has 108 valence electrons. The van der Waals surface area contributed by atoms with Crippen molar-refractivity contribution in [3.63, 3.8) is 0 Å². The van der Waals surface area contributed by atoms with Crippen LogP contribution in [0.3, 0.4) is 0 Å². The second kappa shape index (κ2) is 8.06. The normalized spacial score (nSPS) is 15.9. The van der Waals surface area contributed by atoms with Crippen LogP contribution in [0.2, 0.25) is 0 Å². The molecule has 1 rings (SSSR count). The molecular formula is C11H19ClN4O3. The van der Waals surface area contributed by atoms with E-state index < -0.39 is 11.9 Å². The van der Waals surface area contributed by atoms with Gasteiger partial charge in [-0.25, -0.2) is 4.79 Å². The molecule has 3 amide bonds. The number of carbonyl (C=O) groups excluding carboxylic acids is 2. The monoisotopic (exact) mass is 290 g/mol. The van der Waals surface area contributed by atoms with Crippen molar-refractivity contribution >= 4 is 23.5 Å². The first-order valence-corrected chi connectivity index (χ1v) is 6.92. The van der Waals surface area contributed by atoms with Gasteiger partial charge in [-0.05, 0) is 12.8 Å². The van der Waals surface area contributed by atoms with E-state index in [-0.39, 0.29) is 25.0 Å². The number of carbonyl (C=O) groups is 2. The van der Waals surface area contributed by atoms with E-state index in [0.29, 0.717) is 5.01 Å². The summed E-state index contributed by atoms with van der Waals surface area (Å²) in [6.45, 7) is -0.291. The lowest BCUT2D eigenvalue weighted by Crippen LogP contribution is -2.52. The second-order valence-corrected chi connectivity index (χ2v) is 4.81. The number of nitrogens with two attached hydrogens (primary N) is 1. The van der Waals surface area contributed by atoms with Crippen molar-refractivity contribution in [3.05, 3.63) is 4.91 Å². The van der Waals surface area contributed by atoms with Crippen LogP contribution in [0.5, 0.6) is 0 Å². The van der Waals surface area contributed by atoms with Gasteiger partial charge in [-0.3, -0.25) is 9.69 Å². The molecule has 1 aliphatic rings. The molecule has 8 heteroatoms. The van der Waals surface area contributed by atoms with E-state index in [4.69, 9.17) is 17.3 Å². The van der Waals surface area contributed by atoms with Crippen LogP contribution in [0.4, 0.5) is 4.79 Å². The summed E-state index contributed by atoms with van der Waals surface area (Å²) in [5, 5.41) is 3.30. The number of urea groups is 1. The molecule has 0 aromatic heterocycles. The Bertz CT molecular complexity index is 334. The number of halogens is 1. The number of rotatable bonds is 5. The smallest absolute Gasteiger partial charge is 0.322 e. The van der Waals surface area contributed by atoms with E-state index in [0.717, 1.165) is 37.0 Å². The van der Waals surface area contributed by atoms with Gasteiger partial charge in [0.2, 0.25) is 5.91 Å². The van der Waals surface area contributed by atoms with Crippen LogP contribution < -0.4 is 5.73 Å². The molecule has 0 atom stereocenters. The zero-order valence-electron chi connectivity index (χ0n) is 10.8. The van der Waals surface area contributed by atoms with Crippen LogP contribution in [0.25, 0.3) is 0 Å². The van der Waals surface area contributed by atoms with Crippen LogP contribution in [0.1, 0.15) is 32.1 Å². The number of nitroso groups, excluding NO2 is 1. The van der Waals surface area contributed by atoms with Gasteiger partial charge < -0.3 is 5.73 Å². The number of hydrogen-bond donors (Lipinski definition) is 1. The Hall–Kier alpha value is -1.21. The molecule has 1 fully saturated rings. The maximum atomic E-state index is 12.2. The SMILES string of the molecule is NCC(=O)N(C(=O)N(CCCl)N=O)C1CCCCC1. The van der Waals surface area contributed by atoms with E-state index in [9.17, 15) is 14.5 Å². The van der Waals surface area contributed by atoms with Gasteiger partial charge in [0.1, 0.15) is 0 Å². The quantitative estimate of drug-likeness (QED) is 0.471. The second-order valence-electron chi connectivity index (χ2n) is 4.44. The van der Waals surface area contributed by atoms with Crippen molar-refractivity contribution in [2.45, 2.75) is 38.1 Å². The number of hydrogen-bond acceptors (Lipinski definition) is 5. The summed E-state index contributed by atoms with van der Waals surface area (Å²) in [7, 11) is 0. The van der Waals surface area contributed by atoms with Crippen molar-refractivity contribution in [3.8, 4) is 0 Å². The standard InChI is InChI=1S/C11H19ClN4O3/c12-6-7-15(14-19)11(18)16(10(17)8-13)9-4-2-1-3-5-9/h9H,1-8,13H2. The molecule has 0 saturated heterocycles. The predicted octanol–water partition coefficient (Wildman–Crippen LogP) is 1.45. The van der Waals surface area contributed by atoms with E-state index in [2.05, 4.69) is 5.29 Å². The lowest BCUT2D eigenvalue weighted by atomic mass is 9.94. The lowest BCUT2D eigenvalue weighted by Gasteiger charge is -2.33. The van der Waals surface area contributed by atoms with Crippen molar-refractivity contribution in [2.24, 2.45) is 11.0 Å². The average Bonchev–Trinajstić information content (AvgIpc) is 2.45. The van der Waals surface area contributed by atoms with Crippen LogP contribution in [-0.4, -0.2) is 46.9 Å². The highest BCUT2D eigenvalue weighted by Gasteiger charge is 2.33. The van der Waals surface area contributed by atoms with Crippen molar-refractivity contribution in [1.29, 1.82) is 0 Å². The third-order valence-corrected chi connectivity index (χ3v) is 3.37.